The van der Waals surface area contributed by atoms with E-state index in [2.05, 4.69) is 31.5 Å². The van der Waals surface area contributed by atoms with Gasteiger partial charge in [-0.3, -0.25) is 4.90 Å². The zero-order chi connectivity index (χ0) is 20.3. The normalized spacial score (nSPS) is 16.9. The van der Waals surface area contributed by atoms with Crippen LogP contribution in [0.3, 0.4) is 0 Å². The van der Waals surface area contributed by atoms with E-state index in [4.69, 9.17) is 9.47 Å². The molecule has 2 aliphatic rings. The summed E-state index contributed by atoms with van der Waals surface area (Å²) in [5.74, 6) is 1.47. The molecule has 3 heterocycles. The molecular formula is C23H27FN4O2. The highest BCUT2D eigenvalue weighted by Gasteiger charge is 2.19. The van der Waals surface area contributed by atoms with Crippen LogP contribution in [-0.2, 0) is 6.54 Å². The smallest absolute Gasteiger partial charge is 0.163 e. The Kier molecular flexibility index (Phi) is 5.45. The summed E-state index contributed by atoms with van der Waals surface area (Å²) in [6, 6.07) is 11.1. The molecule has 1 aromatic heterocycles. The fourth-order valence-corrected chi connectivity index (χ4v) is 4.29. The maximum atomic E-state index is 13.3. The van der Waals surface area contributed by atoms with Crippen LogP contribution in [0.2, 0.25) is 0 Å². The lowest BCUT2D eigenvalue weighted by molar-refractivity contribution is 0.171. The molecule has 5 rings (SSSR count). The SMILES string of the molecule is Fc1ccc2c(c1)ncn2CCCCN1CCN(c2ccc3c(c2)OCCO3)CC1. The van der Waals surface area contributed by atoms with Crippen molar-refractivity contribution in [2.45, 2.75) is 19.4 Å². The van der Waals surface area contributed by atoms with Crippen LogP contribution in [0.1, 0.15) is 12.8 Å². The molecular weight excluding hydrogens is 383 g/mol. The van der Waals surface area contributed by atoms with Crippen molar-refractivity contribution in [2.24, 2.45) is 0 Å². The second-order valence-corrected chi connectivity index (χ2v) is 7.93. The highest BCUT2D eigenvalue weighted by molar-refractivity contribution is 5.75. The molecule has 158 valence electrons. The third-order valence-electron chi connectivity index (χ3n) is 5.97. The van der Waals surface area contributed by atoms with E-state index in [9.17, 15) is 4.39 Å². The molecule has 30 heavy (non-hydrogen) atoms. The van der Waals surface area contributed by atoms with Crippen LogP contribution in [0.25, 0.3) is 11.0 Å². The van der Waals surface area contributed by atoms with Crippen LogP contribution < -0.4 is 14.4 Å². The highest BCUT2D eigenvalue weighted by Crippen LogP contribution is 2.34. The van der Waals surface area contributed by atoms with Gasteiger partial charge in [0.1, 0.15) is 19.0 Å². The van der Waals surface area contributed by atoms with Crippen molar-refractivity contribution in [1.29, 1.82) is 0 Å². The number of nitrogens with zero attached hydrogens (tertiary/aromatic N) is 4. The molecule has 0 bridgehead atoms. The summed E-state index contributed by atoms with van der Waals surface area (Å²) in [4.78, 5) is 9.26. The maximum Gasteiger partial charge on any atom is 0.163 e. The van der Waals surface area contributed by atoms with Crippen LogP contribution in [0.15, 0.2) is 42.7 Å². The number of ether oxygens (including phenoxy) is 2. The largest absolute Gasteiger partial charge is 0.486 e. The summed E-state index contributed by atoms with van der Waals surface area (Å²) in [6.45, 7) is 7.46. The van der Waals surface area contributed by atoms with E-state index in [1.54, 1.807) is 0 Å². The lowest BCUT2D eigenvalue weighted by atomic mass is 10.2. The topological polar surface area (TPSA) is 42.8 Å². The minimum absolute atomic E-state index is 0.233. The molecule has 0 spiro atoms. The zero-order valence-electron chi connectivity index (χ0n) is 17.1. The van der Waals surface area contributed by atoms with E-state index in [0.29, 0.717) is 13.2 Å². The Morgan fingerprint density at radius 3 is 2.53 bits per heavy atom. The number of piperazine rings is 1. The second kappa shape index (κ2) is 8.52. The predicted molar refractivity (Wildman–Crippen MR) is 115 cm³/mol. The van der Waals surface area contributed by atoms with Crippen molar-refractivity contribution in [1.82, 2.24) is 14.5 Å². The summed E-state index contributed by atoms with van der Waals surface area (Å²) >= 11 is 0. The third-order valence-corrected chi connectivity index (χ3v) is 5.97. The van der Waals surface area contributed by atoms with Crippen LogP contribution in [0, 0.1) is 5.82 Å². The Morgan fingerprint density at radius 2 is 1.67 bits per heavy atom. The fraction of sp³-hybridized carbons (Fsp3) is 0.435. The van der Waals surface area contributed by atoms with E-state index in [1.807, 2.05) is 18.5 Å². The number of hydrogen-bond acceptors (Lipinski definition) is 5. The predicted octanol–water partition coefficient (Wildman–Crippen LogP) is 3.55. The number of aryl methyl sites for hydroxylation is 1. The fourth-order valence-electron chi connectivity index (χ4n) is 4.29. The standard InChI is InChI=1S/C23H27FN4O2/c24-18-3-5-21-20(15-18)25-17-28(21)8-2-1-7-26-9-11-27(12-10-26)19-4-6-22-23(16-19)30-14-13-29-22/h3-6,15-17H,1-2,7-14H2. The van der Waals surface area contributed by atoms with Gasteiger partial charge in [0.05, 0.1) is 17.4 Å². The maximum absolute atomic E-state index is 13.3. The van der Waals surface area contributed by atoms with Crippen LogP contribution in [0.5, 0.6) is 11.5 Å². The van der Waals surface area contributed by atoms with Crippen LogP contribution >= 0.6 is 0 Å². The molecule has 1 saturated heterocycles. The van der Waals surface area contributed by atoms with Gasteiger partial charge < -0.3 is 18.9 Å². The lowest BCUT2D eigenvalue weighted by Crippen LogP contribution is -2.46. The van der Waals surface area contributed by atoms with Gasteiger partial charge in [-0.05, 0) is 43.7 Å². The summed E-state index contributed by atoms with van der Waals surface area (Å²) < 4.78 is 26.8. The van der Waals surface area contributed by atoms with Gasteiger partial charge in [0.2, 0.25) is 0 Å². The van der Waals surface area contributed by atoms with Gasteiger partial charge in [0, 0.05) is 50.5 Å². The minimum atomic E-state index is -0.233. The summed E-state index contributed by atoms with van der Waals surface area (Å²) in [6.07, 6.45) is 4.05. The minimum Gasteiger partial charge on any atom is -0.486 e. The summed E-state index contributed by atoms with van der Waals surface area (Å²) in [5, 5.41) is 0. The van der Waals surface area contributed by atoms with Gasteiger partial charge in [-0.25, -0.2) is 9.37 Å². The van der Waals surface area contributed by atoms with Crippen LogP contribution in [0.4, 0.5) is 10.1 Å². The van der Waals surface area contributed by atoms with Crippen molar-refractivity contribution in [3.63, 3.8) is 0 Å². The Hall–Kier alpha value is -2.80. The molecule has 1 fully saturated rings. The Morgan fingerprint density at radius 1 is 0.867 bits per heavy atom. The lowest BCUT2D eigenvalue weighted by Gasteiger charge is -2.36. The molecule has 2 aliphatic heterocycles. The van der Waals surface area contributed by atoms with Crippen molar-refractivity contribution < 1.29 is 13.9 Å². The van der Waals surface area contributed by atoms with Crippen molar-refractivity contribution in [3.8, 4) is 11.5 Å². The number of unbranched alkanes of at least 4 members (excludes halogenated alkanes) is 1. The van der Waals surface area contributed by atoms with E-state index < -0.39 is 0 Å². The van der Waals surface area contributed by atoms with E-state index in [-0.39, 0.29) is 5.82 Å². The highest BCUT2D eigenvalue weighted by atomic mass is 19.1. The average molecular weight is 410 g/mol. The summed E-state index contributed by atoms with van der Waals surface area (Å²) in [5.41, 5.74) is 2.94. The number of fused-ring (bicyclic) bond motifs is 2. The van der Waals surface area contributed by atoms with Crippen molar-refractivity contribution in [2.75, 3.05) is 50.8 Å². The van der Waals surface area contributed by atoms with E-state index >= 15 is 0 Å². The van der Waals surface area contributed by atoms with Gasteiger partial charge in [0.15, 0.2) is 11.5 Å². The molecule has 7 heteroatoms. The zero-order valence-corrected chi connectivity index (χ0v) is 17.1. The number of benzene rings is 2. The number of anilines is 1. The molecule has 3 aromatic rings. The first kappa shape index (κ1) is 19.2. The Labute approximate surface area is 175 Å². The molecule has 6 nitrogen and oxygen atoms in total. The molecule has 0 N–H and O–H groups in total. The van der Waals surface area contributed by atoms with Crippen molar-refractivity contribution >= 4 is 16.7 Å². The van der Waals surface area contributed by atoms with Gasteiger partial charge in [-0.1, -0.05) is 0 Å². The molecule has 0 amide bonds. The first-order chi connectivity index (χ1) is 14.8. The number of imidazole rings is 1. The number of hydrogen-bond donors (Lipinski definition) is 0. The van der Waals surface area contributed by atoms with Gasteiger partial charge in [0.25, 0.3) is 0 Å². The van der Waals surface area contributed by atoms with Crippen molar-refractivity contribution in [3.05, 3.63) is 48.5 Å². The van der Waals surface area contributed by atoms with Gasteiger partial charge in [-0.2, -0.15) is 0 Å². The third kappa shape index (κ3) is 4.07. The molecule has 2 aromatic carbocycles. The Balaban J connectivity index is 1.07. The number of halogens is 1. The second-order valence-electron chi connectivity index (χ2n) is 7.93. The first-order valence-electron chi connectivity index (χ1n) is 10.7. The van der Waals surface area contributed by atoms with E-state index in [1.165, 1.54) is 17.8 Å². The molecule has 0 aliphatic carbocycles. The monoisotopic (exact) mass is 410 g/mol. The molecule has 0 atom stereocenters. The average Bonchev–Trinajstić information content (AvgIpc) is 3.18. The summed E-state index contributed by atoms with van der Waals surface area (Å²) in [7, 11) is 0. The Bertz CT molecular complexity index is 1010. The van der Waals surface area contributed by atoms with Crippen LogP contribution in [-0.4, -0.2) is 60.4 Å². The molecule has 0 radical (unpaired) electrons. The number of aromatic nitrogens is 2. The van der Waals surface area contributed by atoms with E-state index in [0.717, 1.165) is 74.6 Å². The quantitative estimate of drug-likeness (QED) is 0.582. The molecule has 0 saturated carbocycles. The first-order valence-corrected chi connectivity index (χ1v) is 10.7. The molecule has 0 unspecified atom stereocenters. The number of rotatable bonds is 6. The van der Waals surface area contributed by atoms with Gasteiger partial charge in [-0.15, -0.1) is 0 Å². The van der Waals surface area contributed by atoms with Gasteiger partial charge >= 0.3 is 0 Å².